The summed E-state index contributed by atoms with van der Waals surface area (Å²) < 4.78 is 37.9. The monoisotopic (exact) mass is 295 g/mol. The van der Waals surface area contributed by atoms with Crippen molar-refractivity contribution in [2.24, 2.45) is 0 Å². The van der Waals surface area contributed by atoms with Gasteiger partial charge in [-0.25, -0.2) is 17.6 Å². The highest BCUT2D eigenvalue weighted by Crippen LogP contribution is 2.20. The average Bonchev–Trinajstić information content (AvgIpc) is 2.38. The molecule has 7 heteroatoms. The summed E-state index contributed by atoms with van der Waals surface area (Å²) in [7, 11) is -3.92. The summed E-state index contributed by atoms with van der Waals surface area (Å²) in [5, 5.41) is 8.71. The van der Waals surface area contributed by atoms with Crippen LogP contribution in [0.1, 0.15) is 16.1 Å². The molecule has 0 saturated heterocycles. The van der Waals surface area contributed by atoms with Crippen LogP contribution in [0.15, 0.2) is 47.5 Å². The summed E-state index contributed by atoms with van der Waals surface area (Å²) in [6.45, 7) is 0. The van der Waals surface area contributed by atoms with E-state index < -0.39 is 32.3 Å². The minimum atomic E-state index is -3.92. The van der Waals surface area contributed by atoms with Crippen LogP contribution < -0.4 is 0 Å². The fraction of sp³-hybridized carbons (Fsp3) is 0.0769. The molecule has 0 saturated carbocycles. The van der Waals surface area contributed by atoms with Crippen molar-refractivity contribution in [2.75, 3.05) is 0 Å². The van der Waals surface area contributed by atoms with Crippen molar-refractivity contribution in [3.63, 3.8) is 0 Å². The Bertz CT molecular complexity index is 744. The van der Waals surface area contributed by atoms with E-state index in [0.29, 0.717) is 6.07 Å². The molecule has 0 unspecified atom stereocenters. The van der Waals surface area contributed by atoms with Crippen molar-refractivity contribution in [2.45, 2.75) is 10.6 Å². The van der Waals surface area contributed by atoms with Gasteiger partial charge in [-0.3, -0.25) is 4.98 Å². The first-order valence-corrected chi connectivity index (χ1v) is 7.21. The third-order valence-corrected chi connectivity index (χ3v) is 4.25. The molecule has 0 bridgehead atoms. The lowest BCUT2D eigenvalue weighted by Gasteiger charge is -2.06. The highest BCUT2D eigenvalue weighted by Gasteiger charge is 2.21. The Morgan fingerprint density at radius 3 is 2.55 bits per heavy atom. The van der Waals surface area contributed by atoms with Gasteiger partial charge in [0.1, 0.15) is 10.7 Å². The molecule has 0 fully saturated rings. The Kier molecular flexibility index (Phi) is 3.80. The maximum absolute atomic E-state index is 13.7. The number of nitrogens with zero attached hydrogens (tertiary/aromatic N) is 1. The Morgan fingerprint density at radius 2 is 2.00 bits per heavy atom. The number of aromatic nitrogens is 1. The third kappa shape index (κ3) is 3.00. The van der Waals surface area contributed by atoms with E-state index >= 15 is 0 Å². The van der Waals surface area contributed by atoms with Crippen LogP contribution in [-0.4, -0.2) is 24.5 Å². The fourth-order valence-corrected chi connectivity index (χ4v) is 2.99. The topological polar surface area (TPSA) is 84.3 Å². The molecular weight excluding hydrogens is 285 g/mol. The summed E-state index contributed by atoms with van der Waals surface area (Å²) in [5.41, 5.74) is -0.0199. The molecule has 1 N–H and O–H groups in total. The minimum absolute atomic E-state index is 0.286. The molecule has 0 aliphatic carbocycles. The molecule has 0 spiro atoms. The van der Waals surface area contributed by atoms with Crippen LogP contribution in [0.2, 0.25) is 0 Å². The van der Waals surface area contributed by atoms with Crippen molar-refractivity contribution < 1.29 is 22.7 Å². The number of halogens is 1. The molecule has 104 valence electrons. The maximum atomic E-state index is 13.7. The van der Waals surface area contributed by atoms with Gasteiger partial charge in [-0.05, 0) is 30.3 Å². The molecular formula is C13H10FNO4S. The van der Waals surface area contributed by atoms with E-state index in [1.807, 2.05) is 0 Å². The lowest BCUT2D eigenvalue weighted by molar-refractivity contribution is 0.0696. The number of carbonyl (C=O) groups is 1. The number of rotatable bonds is 4. The number of sulfone groups is 1. The lowest BCUT2D eigenvalue weighted by atomic mass is 10.2. The number of aromatic carboxylic acids is 1. The average molecular weight is 295 g/mol. The molecule has 1 aromatic carbocycles. The zero-order valence-electron chi connectivity index (χ0n) is 10.2. The van der Waals surface area contributed by atoms with Crippen molar-refractivity contribution >= 4 is 15.8 Å². The van der Waals surface area contributed by atoms with Gasteiger partial charge in [0.15, 0.2) is 9.84 Å². The molecule has 0 aliphatic heterocycles. The molecule has 2 rings (SSSR count). The highest BCUT2D eigenvalue weighted by atomic mass is 32.2. The van der Waals surface area contributed by atoms with E-state index in [4.69, 9.17) is 5.11 Å². The maximum Gasteiger partial charge on any atom is 0.335 e. The summed E-state index contributed by atoms with van der Waals surface area (Å²) in [5.74, 6) is -2.85. The third-order valence-electron chi connectivity index (χ3n) is 2.58. The molecule has 1 heterocycles. The molecule has 0 amide bonds. The van der Waals surface area contributed by atoms with Gasteiger partial charge in [0, 0.05) is 6.20 Å². The van der Waals surface area contributed by atoms with Crippen LogP contribution >= 0.6 is 0 Å². The van der Waals surface area contributed by atoms with Crippen LogP contribution in [0.5, 0.6) is 0 Å². The van der Waals surface area contributed by atoms with Crippen LogP contribution in [0.25, 0.3) is 0 Å². The second kappa shape index (κ2) is 5.38. The van der Waals surface area contributed by atoms with Crippen LogP contribution in [0, 0.1) is 5.82 Å². The quantitative estimate of drug-likeness (QED) is 0.931. The van der Waals surface area contributed by atoms with Gasteiger partial charge in [0.05, 0.1) is 17.0 Å². The predicted octanol–water partition coefficient (Wildman–Crippen LogP) is 1.89. The second-order valence-corrected chi connectivity index (χ2v) is 5.99. The molecule has 0 radical (unpaired) electrons. The number of carboxylic acid groups (broad SMARTS) is 1. The second-order valence-electron chi connectivity index (χ2n) is 4.03. The van der Waals surface area contributed by atoms with E-state index in [2.05, 4.69) is 4.98 Å². The smallest absolute Gasteiger partial charge is 0.335 e. The molecule has 2 aromatic rings. The first-order chi connectivity index (χ1) is 9.40. The Morgan fingerprint density at radius 1 is 1.25 bits per heavy atom. The SMILES string of the molecule is O=C(O)c1ccc(S(=O)(=O)Cc2ccccn2)c(F)c1. The number of pyridine rings is 1. The van der Waals surface area contributed by atoms with E-state index in [0.717, 1.165) is 12.1 Å². The number of benzene rings is 1. The number of hydrogen-bond donors (Lipinski definition) is 1. The van der Waals surface area contributed by atoms with E-state index in [1.54, 1.807) is 12.1 Å². The van der Waals surface area contributed by atoms with Crippen molar-refractivity contribution in [1.82, 2.24) is 4.98 Å². The molecule has 0 atom stereocenters. The Balaban J connectivity index is 2.37. The standard InChI is InChI=1S/C13H10FNO4S/c14-11-7-9(13(16)17)4-5-12(11)20(18,19)8-10-3-1-2-6-15-10/h1-7H,8H2,(H,16,17). The van der Waals surface area contributed by atoms with E-state index in [9.17, 15) is 17.6 Å². The normalized spacial score (nSPS) is 11.2. The summed E-state index contributed by atoms with van der Waals surface area (Å²) >= 11 is 0. The Labute approximate surface area is 114 Å². The molecule has 0 aliphatic rings. The van der Waals surface area contributed by atoms with Crippen molar-refractivity contribution in [1.29, 1.82) is 0 Å². The van der Waals surface area contributed by atoms with Gasteiger partial charge >= 0.3 is 5.97 Å². The van der Waals surface area contributed by atoms with Gasteiger partial charge < -0.3 is 5.11 Å². The number of carboxylic acids is 1. The van der Waals surface area contributed by atoms with Gasteiger partial charge in [-0.1, -0.05) is 6.07 Å². The van der Waals surface area contributed by atoms with Crippen LogP contribution in [0.3, 0.4) is 0 Å². The highest BCUT2D eigenvalue weighted by molar-refractivity contribution is 7.90. The molecule has 20 heavy (non-hydrogen) atoms. The van der Waals surface area contributed by atoms with Gasteiger partial charge in [-0.2, -0.15) is 0 Å². The first-order valence-electron chi connectivity index (χ1n) is 5.55. The van der Waals surface area contributed by atoms with Gasteiger partial charge in [0.25, 0.3) is 0 Å². The largest absolute Gasteiger partial charge is 0.478 e. The summed E-state index contributed by atoms with van der Waals surface area (Å²) in [6.07, 6.45) is 1.44. The van der Waals surface area contributed by atoms with E-state index in [-0.39, 0.29) is 11.3 Å². The first kappa shape index (κ1) is 14.1. The van der Waals surface area contributed by atoms with Crippen molar-refractivity contribution in [3.05, 3.63) is 59.7 Å². The van der Waals surface area contributed by atoms with Crippen LogP contribution in [0.4, 0.5) is 4.39 Å². The number of hydrogen-bond acceptors (Lipinski definition) is 4. The van der Waals surface area contributed by atoms with Gasteiger partial charge in [0.2, 0.25) is 0 Å². The van der Waals surface area contributed by atoms with Crippen LogP contribution in [-0.2, 0) is 15.6 Å². The lowest BCUT2D eigenvalue weighted by Crippen LogP contribution is -2.09. The Hall–Kier alpha value is -2.28. The molecule has 1 aromatic heterocycles. The summed E-state index contributed by atoms with van der Waals surface area (Å²) in [6, 6.07) is 7.47. The fourth-order valence-electron chi connectivity index (χ4n) is 1.64. The summed E-state index contributed by atoms with van der Waals surface area (Å²) in [4.78, 5) is 14.0. The van der Waals surface area contributed by atoms with Crippen molar-refractivity contribution in [3.8, 4) is 0 Å². The van der Waals surface area contributed by atoms with E-state index in [1.165, 1.54) is 12.3 Å². The zero-order chi connectivity index (χ0) is 14.8. The van der Waals surface area contributed by atoms with Gasteiger partial charge in [-0.15, -0.1) is 0 Å². The predicted molar refractivity (Wildman–Crippen MR) is 68.5 cm³/mol. The molecule has 5 nitrogen and oxygen atoms in total. The minimum Gasteiger partial charge on any atom is -0.478 e. The zero-order valence-corrected chi connectivity index (χ0v) is 11.0.